The highest BCUT2D eigenvalue weighted by molar-refractivity contribution is 6.07. The largest absolute Gasteiger partial charge is 0.330 e. The summed E-state index contributed by atoms with van der Waals surface area (Å²) in [7, 11) is 0. The zero-order valence-corrected chi connectivity index (χ0v) is 8.79. The molecule has 15 heavy (non-hydrogen) atoms. The molecule has 0 aromatic heterocycles. The second-order valence-corrected chi connectivity index (χ2v) is 4.32. The minimum absolute atomic E-state index is 0.0431. The SMILES string of the molecule is NCCCN1C(=O)NC2(CCCC2)C1=O. The number of urea groups is 1. The van der Waals surface area contributed by atoms with Crippen LogP contribution in [-0.4, -0.2) is 35.5 Å². The van der Waals surface area contributed by atoms with Crippen LogP contribution in [0.15, 0.2) is 0 Å². The van der Waals surface area contributed by atoms with E-state index in [2.05, 4.69) is 5.32 Å². The van der Waals surface area contributed by atoms with E-state index in [4.69, 9.17) is 5.73 Å². The molecule has 2 rings (SSSR count). The van der Waals surface area contributed by atoms with Crippen LogP contribution in [-0.2, 0) is 4.79 Å². The lowest BCUT2D eigenvalue weighted by Crippen LogP contribution is -2.44. The van der Waals surface area contributed by atoms with Crippen LogP contribution in [0.3, 0.4) is 0 Å². The number of amides is 3. The Labute approximate surface area is 89.0 Å². The highest BCUT2D eigenvalue weighted by Gasteiger charge is 2.51. The molecule has 1 saturated heterocycles. The molecule has 84 valence electrons. The minimum Gasteiger partial charge on any atom is -0.330 e. The summed E-state index contributed by atoms with van der Waals surface area (Å²) in [5, 5.41) is 2.83. The average Bonchev–Trinajstić information content (AvgIpc) is 2.75. The number of rotatable bonds is 3. The molecule has 3 N–H and O–H groups in total. The topological polar surface area (TPSA) is 75.4 Å². The molecule has 3 amide bonds. The van der Waals surface area contributed by atoms with Crippen LogP contribution in [0, 0.1) is 0 Å². The Morgan fingerprint density at radius 1 is 1.33 bits per heavy atom. The van der Waals surface area contributed by atoms with Crippen LogP contribution >= 0.6 is 0 Å². The van der Waals surface area contributed by atoms with Gasteiger partial charge in [-0.1, -0.05) is 12.8 Å². The fourth-order valence-electron chi connectivity index (χ4n) is 2.45. The molecule has 0 aromatic rings. The van der Waals surface area contributed by atoms with Crippen LogP contribution in [0.4, 0.5) is 4.79 Å². The van der Waals surface area contributed by atoms with Crippen LogP contribution in [0.25, 0.3) is 0 Å². The van der Waals surface area contributed by atoms with Gasteiger partial charge >= 0.3 is 6.03 Å². The number of carbonyl (C=O) groups excluding carboxylic acids is 2. The van der Waals surface area contributed by atoms with E-state index in [0.717, 1.165) is 25.7 Å². The zero-order chi connectivity index (χ0) is 10.9. The summed E-state index contributed by atoms with van der Waals surface area (Å²) >= 11 is 0. The summed E-state index contributed by atoms with van der Waals surface area (Å²) in [4.78, 5) is 25.0. The Bertz CT molecular complexity index is 284. The van der Waals surface area contributed by atoms with E-state index in [1.165, 1.54) is 4.90 Å². The van der Waals surface area contributed by atoms with E-state index < -0.39 is 5.54 Å². The van der Waals surface area contributed by atoms with Gasteiger partial charge in [-0.2, -0.15) is 0 Å². The quantitative estimate of drug-likeness (QED) is 0.655. The first-order chi connectivity index (χ1) is 7.19. The Kier molecular flexibility index (Phi) is 2.65. The van der Waals surface area contributed by atoms with Crippen LogP contribution in [0.2, 0.25) is 0 Å². The first kappa shape index (κ1) is 10.4. The number of nitrogens with zero attached hydrogens (tertiary/aromatic N) is 1. The third kappa shape index (κ3) is 1.61. The van der Waals surface area contributed by atoms with Gasteiger partial charge in [-0.3, -0.25) is 9.69 Å². The van der Waals surface area contributed by atoms with Gasteiger partial charge in [0.1, 0.15) is 5.54 Å². The fraction of sp³-hybridized carbons (Fsp3) is 0.800. The highest BCUT2D eigenvalue weighted by atomic mass is 16.2. The number of carbonyl (C=O) groups is 2. The van der Waals surface area contributed by atoms with Gasteiger partial charge < -0.3 is 11.1 Å². The fourth-order valence-corrected chi connectivity index (χ4v) is 2.45. The molecular formula is C10H17N3O2. The Hall–Kier alpha value is -1.10. The monoisotopic (exact) mass is 211 g/mol. The van der Waals surface area contributed by atoms with Gasteiger partial charge in [0.15, 0.2) is 0 Å². The molecule has 2 fully saturated rings. The van der Waals surface area contributed by atoms with Gasteiger partial charge in [-0.05, 0) is 25.8 Å². The summed E-state index contributed by atoms with van der Waals surface area (Å²) in [5.74, 6) is -0.0431. The highest BCUT2D eigenvalue weighted by Crippen LogP contribution is 2.34. The number of imide groups is 1. The third-order valence-electron chi connectivity index (χ3n) is 3.29. The van der Waals surface area contributed by atoms with Gasteiger partial charge in [0, 0.05) is 6.54 Å². The van der Waals surface area contributed by atoms with Crippen molar-refractivity contribution in [1.29, 1.82) is 0 Å². The number of hydrogen-bond acceptors (Lipinski definition) is 3. The maximum Gasteiger partial charge on any atom is 0.325 e. The summed E-state index contributed by atoms with van der Waals surface area (Å²) in [6.07, 6.45) is 4.30. The Morgan fingerprint density at radius 2 is 2.00 bits per heavy atom. The lowest BCUT2D eigenvalue weighted by Gasteiger charge is -2.19. The molecule has 1 spiro atoms. The zero-order valence-electron chi connectivity index (χ0n) is 8.79. The molecule has 5 heteroatoms. The first-order valence-electron chi connectivity index (χ1n) is 5.54. The van der Waals surface area contributed by atoms with Crippen molar-refractivity contribution in [1.82, 2.24) is 10.2 Å². The van der Waals surface area contributed by atoms with Gasteiger partial charge in [-0.25, -0.2) is 4.79 Å². The second kappa shape index (κ2) is 3.81. The lowest BCUT2D eigenvalue weighted by molar-refractivity contribution is -0.131. The van der Waals surface area contributed by atoms with Crippen molar-refractivity contribution in [3.8, 4) is 0 Å². The van der Waals surface area contributed by atoms with Gasteiger partial charge in [-0.15, -0.1) is 0 Å². The van der Waals surface area contributed by atoms with Crippen molar-refractivity contribution in [2.75, 3.05) is 13.1 Å². The summed E-state index contributed by atoms with van der Waals surface area (Å²) in [6.45, 7) is 0.951. The van der Waals surface area contributed by atoms with Gasteiger partial charge in [0.2, 0.25) is 0 Å². The predicted octanol–water partition coefficient (Wildman–Crippen LogP) is 0.200. The van der Waals surface area contributed by atoms with Gasteiger partial charge in [0.25, 0.3) is 5.91 Å². The van der Waals surface area contributed by atoms with Crippen molar-refractivity contribution in [3.05, 3.63) is 0 Å². The lowest BCUT2D eigenvalue weighted by atomic mass is 9.98. The Morgan fingerprint density at radius 3 is 2.60 bits per heavy atom. The van der Waals surface area contributed by atoms with Crippen LogP contribution in [0.1, 0.15) is 32.1 Å². The molecule has 1 saturated carbocycles. The second-order valence-electron chi connectivity index (χ2n) is 4.32. The van der Waals surface area contributed by atoms with E-state index in [-0.39, 0.29) is 11.9 Å². The van der Waals surface area contributed by atoms with Crippen LogP contribution in [0.5, 0.6) is 0 Å². The van der Waals surface area contributed by atoms with E-state index >= 15 is 0 Å². The Balaban J connectivity index is 2.08. The molecule has 0 atom stereocenters. The van der Waals surface area contributed by atoms with Crippen molar-refractivity contribution < 1.29 is 9.59 Å². The van der Waals surface area contributed by atoms with Crippen LogP contribution < -0.4 is 11.1 Å². The average molecular weight is 211 g/mol. The minimum atomic E-state index is -0.564. The van der Waals surface area contributed by atoms with Crippen molar-refractivity contribution in [3.63, 3.8) is 0 Å². The third-order valence-corrected chi connectivity index (χ3v) is 3.29. The van der Waals surface area contributed by atoms with Crippen molar-refractivity contribution in [2.45, 2.75) is 37.6 Å². The molecule has 2 aliphatic rings. The summed E-state index contributed by atoms with van der Waals surface area (Å²) < 4.78 is 0. The molecule has 0 unspecified atom stereocenters. The van der Waals surface area contributed by atoms with Crippen molar-refractivity contribution >= 4 is 11.9 Å². The number of nitrogens with two attached hydrogens (primary N) is 1. The van der Waals surface area contributed by atoms with Crippen molar-refractivity contribution in [2.24, 2.45) is 5.73 Å². The molecule has 1 aliphatic carbocycles. The molecule has 0 bridgehead atoms. The molecular weight excluding hydrogens is 194 g/mol. The molecule has 5 nitrogen and oxygen atoms in total. The number of hydrogen-bond donors (Lipinski definition) is 2. The molecule has 0 radical (unpaired) electrons. The molecule has 0 aromatic carbocycles. The van der Waals surface area contributed by atoms with E-state index in [1.54, 1.807) is 0 Å². The van der Waals surface area contributed by atoms with E-state index in [0.29, 0.717) is 19.5 Å². The van der Waals surface area contributed by atoms with E-state index in [9.17, 15) is 9.59 Å². The standard InChI is InChI=1S/C10H17N3O2/c11-6-3-7-13-8(14)10(12-9(13)15)4-1-2-5-10/h1-7,11H2,(H,12,15). The molecule has 1 aliphatic heterocycles. The summed E-state index contributed by atoms with van der Waals surface area (Å²) in [6, 6.07) is -0.240. The number of nitrogens with one attached hydrogen (secondary N) is 1. The summed E-state index contributed by atoms with van der Waals surface area (Å²) in [5.41, 5.74) is 4.81. The molecule has 1 heterocycles. The van der Waals surface area contributed by atoms with E-state index in [1.807, 2.05) is 0 Å². The predicted molar refractivity (Wildman–Crippen MR) is 55.1 cm³/mol. The normalized spacial score (nSPS) is 23.9. The maximum atomic E-state index is 12.0. The smallest absolute Gasteiger partial charge is 0.325 e. The first-order valence-corrected chi connectivity index (χ1v) is 5.54. The van der Waals surface area contributed by atoms with Gasteiger partial charge in [0.05, 0.1) is 0 Å². The maximum absolute atomic E-state index is 12.0.